The van der Waals surface area contributed by atoms with Crippen LogP contribution in [0.25, 0.3) is 0 Å². The van der Waals surface area contributed by atoms with E-state index in [4.69, 9.17) is 21.7 Å². The minimum absolute atomic E-state index is 0.0762. The Labute approximate surface area is 145 Å². The van der Waals surface area contributed by atoms with E-state index in [1.165, 1.54) is 5.56 Å². The highest BCUT2D eigenvalue weighted by molar-refractivity contribution is 7.80. The third-order valence-electron chi connectivity index (χ3n) is 4.23. The van der Waals surface area contributed by atoms with Crippen LogP contribution >= 0.6 is 12.2 Å². The largest absolute Gasteiger partial charge is 0.496 e. The summed E-state index contributed by atoms with van der Waals surface area (Å²) in [6, 6.07) is 13.8. The molecule has 0 N–H and O–H groups in total. The summed E-state index contributed by atoms with van der Waals surface area (Å²) in [5.41, 5.74) is 3.17. The highest BCUT2D eigenvalue weighted by Gasteiger charge is 2.33. The molecule has 4 rings (SSSR count). The fourth-order valence-electron chi connectivity index (χ4n) is 3.01. The van der Waals surface area contributed by atoms with Crippen molar-refractivity contribution in [2.45, 2.75) is 13.3 Å². The summed E-state index contributed by atoms with van der Waals surface area (Å²) in [5, 5.41) is 0. The molecule has 2 aliphatic rings. The summed E-state index contributed by atoms with van der Waals surface area (Å²) < 4.78 is 11.4. The van der Waals surface area contributed by atoms with Crippen LogP contribution in [0.4, 0.5) is 0 Å². The van der Waals surface area contributed by atoms with Gasteiger partial charge in [-0.15, -0.1) is 0 Å². The van der Waals surface area contributed by atoms with Crippen molar-refractivity contribution in [3.63, 3.8) is 0 Å². The van der Waals surface area contributed by atoms with E-state index in [2.05, 4.69) is 23.0 Å². The van der Waals surface area contributed by atoms with E-state index in [1.807, 2.05) is 36.4 Å². The number of hydrogen-bond acceptors (Lipinski definition) is 4. The molecule has 4 nitrogen and oxygen atoms in total. The summed E-state index contributed by atoms with van der Waals surface area (Å²) in [7, 11) is 1.63. The van der Waals surface area contributed by atoms with Gasteiger partial charge in [0.25, 0.3) is 0 Å². The van der Waals surface area contributed by atoms with Gasteiger partial charge in [-0.1, -0.05) is 42.0 Å². The van der Waals surface area contributed by atoms with Gasteiger partial charge in [-0.2, -0.15) is 4.99 Å². The second kappa shape index (κ2) is 5.83. The number of ether oxygens (including phenoxy) is 2. The molecule has 0 aliphatic carbocycles. The number of para-hydroxylation sites is 1. The average molecular weight is 336 g/mol. The zero-order chi connectivity index (χ0) is 16.7. The number of thiocarbonyl (C=S) groups is 1. The molecule has 0 radical (unpaired) electrons. The van der Waals surface area contributed by atoms with E-state index in [-0.39, 0.29) is 5.92 Å². The second-order valence-corrected chi connectivity index (χ2v) is 6.31. The van der Waals surface area contributed by atoms with E-state index in [0.717, 1.165) is 23.3 Å². The van der Waals surface area contributed by atoms with Gasteiger partial charge in [0.05, 0.1) is 18.6 Å². The normalized spacial score (nSPS) is 18.8. The number of hydrogen-bond donors (Lipinski definition) is 0. The fraction of sp³-hybridized carbons (Fsp3) is 0.211. The molecule has 0 bridgehead atoms. The number of aliphatic imine (C=N–C) groups is 2. The highest BCUT2D eigenvalue weighted by atomic mass is 32.1. The molecule has 0 fully saturated rings. The van der Waals surface area contributed by atoms with Crippen LogP contribution in [0.3, 0.4) is 0 Å². The van der Waals surface area contributed by atoms with Crippen molar-refractivity contribution in [2.75, 3.05) is 7.11 Å². The third kappa shape index (κ3) is 2.51. The van der Waals surface area contributed by atoms with Crippen LogP contribution in [-0.2, 0) is 6.42 Å². The molecule has 2 aromatic rings. The Balaban J connectivity index is 1.75. The first-order chi connectivity index (χ1) is 11.7. The summed E-state index contributed by atoms with van der Waals surface area (Å²) in [4.78, 5) is 9.78. The number of aryl methyl sites for hydroxylation is 1. The molecule has 5 heteroatoms. The summed E-state index contributed by atoms with van der Waals surface area (Å²) in [6.45, 7) is 2.07. The van der Waals surface area contributed by atoms with Gasteiger partial charge in [-0.25, -0.2) is 4.99 Å². The molecule has 0 aromatic heterocycles. The van der Waals surface area contributed by atoms with Crippen molar-refractivity contribution >= 4 is 28.9 Å². The van der Waals surface area contributed by atoms with Crippen LogP contribution in [0.1, 0.15) is 16.7 Å². The third-order valence-corrected chi connectivity index (χ3v) is 4.61. The maximum atomic E-state index is 6.03. The van der Waals surface area contributed by atoms with Crippen LogP contribution in [0, 0.1) is 12.8 Å². The highest BCUT2D eigenvalue weighted by Crippen LogP contribution is 2.33. The van der Waals surface area contributed by atoms with Gasteiger partial charge in [0.2, 0.25) is 5.90 Å². The Bertz CT molecular complexity index is 902. The van der Waals surface area contributed by atoms with Crippen LogP contribution in [-0.4, -0.2) is 23.8 Å². The number of benzene rings is 2. The second-order valence-electron chi connectivity index (χ2n) is 5.89. The smallest absolute Gasteiger partial charge is 0.207 e. The van der Waals surface area contributed by atoms with E-state index in [1.54, 1.807) is 7.11 Å². The standard InChI is InChI=1S/C19H16N2O2S/c1-11-7-8-15-12(9-11)10-14-18(23-15)20-17(21-19(14)24)13-5-3-4-6-16(13)22-2/h3-9,14H,10H2,1-2H3. The zero-order valence-electron chi connectivity index (χ0n) is 13.4. The van der Waals surface area contributed by atoms with Crippen molar-refractivity contribution in [1.82, 2.24) is 0 Å². The lowest BCUT2D eigenvalue weighted by molar-refractivity contribution is 0.414. The van der Waals surface area contributed by atoms with Gasteiger partial charge in [0.15, 0.2) is 5.84 Å². The SMILES string of the molecule is COc1ccccc1C1=NC(=S)C2Cc3cc(C)ccc3OC2=N1. The number of rotatable bonds is 2. The maximum absolute atomic E-state index is 6.03. The Morgan fingerprint density at radius 3 is 2.83 bits per heavy atom. The minimum Gasteiger partial charge on any atom is -0.496 e. The van der Waals surface area contributed by atoms with Crippen molar-refractivity contribution in [3.8, 4) is 11.5 Å². The molecular weight excluding hydrogens is 320 g/mol. The molecule has 24 heavy (non-hydrogen) atoms. The lowest BCUT2D eigenvalue weighted by Gasteiger charge is -2.28. The predicted octanol–water partition coefficient (Wildman–Crippen LogP) is 3.74. The van der Waals surface area contributed by atoms with Gasteiger partial charge in [0.1, 0.15) is 16.5 Å². The Hall–Kier alpha value is -2.53. The average Bonchev–Trinajstić information content (AvgIpc) is 2.60. The van der Waals surface area contributed by atoms with E-state index >= 15 is 0 Å². The summed E-state index contributed by atoms with van der Waals surface area (Å²) >= 11 is 5.53. The minimum atomic E-state index is -0.0762. The monoisotopic (exact) mass is 336 g/mol. The number of methoxy groups -OCH3 is 1. The lowest BCUT2D eigenvalue weighted by atomic mass is 9.93. The zero-order valence-corrected chi connectivity index (χ0v) is 14.3. The summed E-state index contributed by atoms with van der Waals surface area (Å²) in [5.74, 6) is 2.65. The van der Waals surface area contributed by atoms with E-state index in [9.17, 15) is 0 Å². The molecule has 0 saturated carbocycles. The fourth-order valence-corrected chi connectivity index (χ4v) is 3.28. The molecule has 0 spiro atoms. The number of nitrogens with zero attached hydrogens (tertiary/aromatic N) is 2. The molecule has 1 unspecified atom stereocenters. The van der Waals surface area contributed by atoms with Crippen molar-refractivity contribution in [3.05, 3.63) is 59.2 Å². The van der Waals surface area contributed by atoms with Gasteiger partial charge in [0, 0.05) is 0 Å². The molecule has 0 amide bonds. The van der Waals surface area contributed by atoms with Crippen LogP contribution in [0.2, 0.25) is 0 Å². The van der Waals surface area contributed by atoms with Crippen molar-refractivity contribution in [1.29, 1.82) is 0 Å². The Kier molecular flexibility index (Phi) is 3.65. The number of amidine groups is 1. The van der Waals surface area contributed by atoms with Crippen molar-refractivity contribution < 1.29 is 9.47 Å². The lowest BCUT2D eigenvalue weighted by Crippen LogP contribution is -2.36. The first kappa shape index (κ1) is 15.0. The molecule has 2 aromatic carbocycles. The van der Waals surface area contributed by atoms with Gasteiger partial charge in [-0.3, -0.25) is 0 Å². The maximum Gasteiger partial charge on any atom is 0.207 e. The van der Waals surface area contributed by atoms with Crippen molar-refractivity contribution in [2.24, 2.45) is 15.9 Å². The van der Waals surface area contributed by atoms with E-state index in [0.29, 0.717) is 22.5 Å². The Morgan fingerprint density at radius 1 is 1.17 bits per heavy atom. The quantitative estimate of drug-likeness (QED) is 0.785. The first-order valence-corrected chi connectivity index (χ1v) is 8.18. The summed E-state index contributed by atoms with van der Waals surface area (Å²) in [6.07, 6.45) is 0.775. The van der Waals surface area contributed by atoms with Crippen LogP contribution in [0.5, 0.6) is 11.5 Å². The topological polar surface area (TPSA) is 43.2 Å². The van der Waals surface area contributed by atoms with Gasteiger partial charge < -0.3 is 9.47 Å². The first-order valence-electron chi connectivity index (χ1n) is 7.77. The van der Waals surface area contributed by atoms with Gasteiger partial charge in [-0.05, 0) is 37.1 Å². The molecule has 1 atom stereocenters. The molecule has 0 saturated heterocycles. The molecular formula is C19H16N2O2S. The molecule has 120 valence electrons. The van der Waals surface area contributed by atoms with Crippen LogP contribution in [0.15, 0.2) is 52.4 Å². The van der Waals surface area contributed by atoms with Crippen LogP contribution < -0.4 is 9.47 Å². The Morgan fingerprint density at radius 2 is 2.00 bits per heavy atom. The molecule has 2 heterocycles. The van der Waals surface area contributed by atoms with Gasteiger partial charge >= 0.3 is 0 Å². The molecule has 2 aliphatic heterocycles. The number of fused-ring (bicyclic) bond motifs is 2. The predicted molar refractivity (Wildman–Crippen MR) is 98.6 cm³/mol. The van der Waals surface area contributed by atoms with E-state index < -0.39 is 0 Å².